The van der Waals surface area contributed by atoms with Crippen molar-refractivity contribution in [2.45, 2.75) is 25.7 Å². The van der Waals surface area contributed by atoms with Gasteiger partial charge in [0, 0.05) is 39.1 Å². The molecule has 7 heteroatoms. The van der Waals surface area contributed by atoms with Crippen molar-refractivity contribution >= 4 is 17.7 Å². The molecule has 2 aliphatic rings. The third kappa shape index (κ3) is 4.43. The van der Waals surface area contributed by atoms with Crippen LogP contribution in [0.1, 0.15) is 25.7 Å². The summed E-state index contributed by atoms with van der Waals surface area (Å²) in [4.78, 5) is 41.4. The Kier molecular flexibility index (Phi) is 5.76. The molecule has 3 amide bonds. The van der Waals surface area contributed by atoms with E-state index in [2.05, 4.69) is 0 Å². The smallest absolute Gasteiger partial charge is 0.242 e. The minimum Gasteiger partial charge on any atom is -0.369 e. The van der Waals surface area contributed by atoms with Crippen LogP contribution in [0.4, 0.5) is 0 Å². The van der Waals surface area contributed by atoms with Crippen LogP contribution in [-0.2, 0) is 14.4 Å². The summed E-state index contributed by atoms with van der Waals surface area (Å²) >= 11 is 0. The summed E-state index contributed by atoms with van der Waals surface area (Å²) in [5.41, 5.74) is 5.42. The average molecular weight is 310 g/mol. The Bertz CT molecular complexity index is 441. The van der Waals surface area contributed by atoms with Crippen LogP contribution in [0.15, 0.2) is 0 Å². The van der Waals surface area contributed by atoms with Gasteiger partial charge in [-0.2, -0.15) is 0 Å². The number of likely N-dealkylation sites (N-methyl/N-ethyl adjacent to an activating group) is 1. The number of hydrogen-bond acceptors (Lipinski definition) is 4. The number of nitrogens with zero attached hydrogens (tertiary/aromatic N) is 3. The first-order chi connectivity index (χ1) is 10.5. The van der Waals surface area contributed by atoms with E-state index < -0.39 is 0 Å². The lowest BCUT2D eigenvalue weighted by Gasteiger charge is -2.27. The van der Waals surface area contributed by atoms with Crippen LogP contribution in [0.5, 0.6) is 0 Å². The molecule has 0 aromatic rings. The Morgan fingerprint density at radius 1 is 1.14 bits per heavy atom. The van der Waals surface area contributed by atoms with E-state index in [-0.39, 0.29) is 30.2 Å². The van der Waals surface area contributed by atoms with E-state index in [9.17, 15) is 14.4 Å². The number of rotatable bonds is 3. The van der Waals surface area contributed by atoms with Crippen molar-refractivity contribution < 1.29 is 14.4 Å². The predicted molar refractivity (Wildman–Crippen MR) is 81.8 cm³/mol. The van der Waals surface area contributed by atoms with E-state index in [1.54, 1.807) is 9.80 Å². The Balaban J connectivity index is 1.97. The Morgan fingerprint density at radius 3 is 2.64 bits per heavy atom. The van der Waals surface area contributed by atoms with Gasteiger partial charge in [-0.05, 0) is 19.9 Å². The molecule has 2 fully saturated rings. The molecule has 124 valence electrons. The van der Waals surface area contributed by atoms with Crippen LogP contribution in [0.25, 0.3) is 0 Å². The fourth-order valence-electron chi connectivity index (χ4n) is 3.05. The van der Waals surface area contributed by atoms with Crippen molar-refractivity contribution in [3.05, 3.63) is 0 Å². The zero-order valence-corrected chi connectivity index (χ0v) is 13.3. The number of carbonyl (C=O) groups excluding carboxylic acids is 3. The Morgan fingerprint density at radius 2 is 1.91 bits per heavy atom. The highest BCUT2D eigenvalue weighted by atomic mass is 16.2. The maximum absolute atomic E-state index is 12.5. The highest BCUT2D eigenvalue weighted by Crippen LogP contribution is 2.13. The second-order valence-electron chi connectivity index (χ2n) is 6.33. The predicted octanol–water partition coefficient (Wildman–Crippen LogP) is -0.735. The van der Waals surface area contributed by atoms with E-state index in [4.69, 9.17) is 5.73 Å². The van der Waals surface area contributed by atoms with Crippen molar-refractivity contribution in [3.8, 4) is 0 Å². The quantitative estimate of drug-likeness (QED) is 0.744. The van der Waals surface area contributed by atoms with Gasteiger partial charge in [-0.1, -0.05) is 6.42 Å². The molecule has 0 bridgehead atoms. The van der Waals surface area contributed by atoms with E-state index >= 15 is 0 Å². The SMILES string of the molecule is CN1CCN(C(=O)CN2CCCCCC2=O)C[C@@H](C(N)=O)C1. The number of carbonyl (C=O) groups is 3. The van der Waals surface area contributed by atoms with Crippen molar-refractivity contribution in [2.75, 3.05) is 46.3 Å². The fourth-order valence-corrected chi connectivity index (χ4v) is 3.05. The summed E-state index contributed by atoms with van der Waals surface area (Å²) in [6.07, 6.45) is 3.42. The molecule has 2 heterocycles. The highest BCUT2D eigenvalue weighted by molar-refractivity contribution is 5.85. The lowest BCUT2D eigenvalue weighted by molar-refractivity contribution is -0.140. The van der Waals surface area contributed by atoms with Gasteiger partial charge in [0.05, 0.1) is 12.5 Å². The Hall–Kier alpha value is -1.63. The molecule has 2 aliphatic heterocycles. The van der Waals surface area contributed by atoms with Crippen LogP contribution in [0.2, 0.25) is 0 Å². The van der Waals surface area contributed by atoms with Crippen LogP contribution in [0, 0.1) is 5.92 Å². The van der Waals surface area contributed by atoms with E-state index in [1.165, 1.54) is 0 Å². The van der Waals surface area contributed by atoms with Crippen molar-refractivity contribution in [1.82, 2.24) is 14.7 Å². The van der Waals surface area contributed by atoms with Crippen LogP contribution in [0.3, 0.4) is 0 Å². The number of amides is 3. The summed E-state index contributed by atoms with van der Waals surface area (Å²) in [7, 11) is 1.92. The van der Waals surface area contributed by atoms with Gasteiger partial charge in [0.1, 0.15) is 0 Å². The highest BCUT2D eigenvalue weighted by Gasteiger charge is 2.29. The average Bonchev–Trinajstić information content (AvgIpc) is 2.78. The van der Waals surface area contributed by atoms with Gasteiger partial charge in [-0.3, -0.25) is 14.4 Å². The second-order valence-corrected chi connectivity index (χ2v) is 6.33. The van der Waals surface area contributed by atoms with Crippen LogP contribution < -0.4 is 5.73 Å². The van der Waals surface area contributed by atoms with Gasteiger partial charge in [-0.15, -0.1) is 0 Å². The summed E-state index contributed by atoms with van der Waals surface area (Å²) in [6.45, 7) is 2.97. The lowest BCUT2D eigenvalue weighted by Crippen LogP contribution is -2.46. The molecule has 2 rings (SSSR count). The first-order valence-corrected chi connectivity index (χ1v) is 8.01. The monoisotopic (exact) mass is 310 g/mol. The van der Waals surface area contributed by atoms with Gasteiger partial charge >= 0.3 is 0 Å². The zero-order chi connectivity index (χ0) is 16.1. The molecule has 7 nitrogen and oxygen atoms in total. The second kappa shape index (κ2) is 7.58. The van der Waals surface area contributed by atoms with Gasteiger partial charge in [0.2, 0.25) is 17.7 Å². The number of hydrogen-bond donors (Lipinski definition) is 1. The first kappa shape index (κ1) is 16.7. The van der Waals surface area contributed by atoms with Crippen LogP contribution >= 0.6 is 0 Å². The summed E-state index contributed by atoms with van der Waals surface area (Å²) in [5.74, 6) is -0.755. The third-order valence-corrected chi connectivity index (χ3v) is 4.48. The zero-order valence-electron chi connectivity index (χ0n) is 13.3. The summed E-state index contributed by atoms with van der Waals surface area (Å²) < 4.78 is 0. The van der Waals surface area contributed by atoms with Crippen molar-refractivity contribution in [3.63, 3.8) is 0 Å². The molecular weight excluding hydrogens is 284 g/mol. The van der Waals surface area contributed by atoms with E-state index in [0.29, 0.717) is 39.1 Å². The molecule has 0 radical (unpaired) electrons. The minimum absolute atomic E-state index is 0.0595. The maximum atomic E-state index is 12.5. The van der Waals surface area contributed by atoms with Gasteiger partial charge < -0.3 is 20.4 Å². The van der Waals surface area contributed by atoms with Gasteiger partial charge in [-0.25, -0.2) is 0 Å². The van der Waals surface area contributed by atoms with E-state index in [1.807, 2.05) is 11.9 Å². The summed E-state index contributed by atoms with van der Waals surface area (Å²) in [5, 5.41) is 0. The molecule has 0 spiro atoms. The molecule has 0 saturated carbocycles. The minimum atomic E-state index is -0.377. The fraction of sp³-hybridized carbons (Fsp3) is 0.800. The number of nitrogens with two attached hydrogens (primary N) is 1. The largest absolute Gasteiger partial charge is 0.369 e. The Labute approximate surface area is 131 Å². The number of likely N-dealkylation sites (tertiary alicyclic amines) is 1. The van der Waals surface area contributed by atoms with Gasteiger partial charge in [0.25, 0.3) is 0 Å². The molecule has 2 saturated heterocycles. The van der Waals surface area contributed by atoms with Crippen LogP contribution in [-0.4, -0.2) is 78.7 Å². The third-order valence-electron chi connectivity index (χ3n) is 4.48. The molecule has 0 aromatic carbocycles. The molecule has 0 aromatic heterocycles. The number of primary amides is 1. The molecule has 22 heavy (non-hydrogen) atoms. The van der Waals surface area contributed by atoms with Crippen molar-refractivity contribution in [1.29, 1.82) is 0 Å². The van der Waals surface area contributed by atoms with Gasteiger partial charge in [0.15, 0.2) is 0 Å². The van der Waals surface area contributed by atoms with Crippen molar-refractivity contribution in [2.24, 2.45) is 11.7 Å². The molecule has 0 unspecified atom stereocenters. The topological polar surface area (TPSA) is 86.9 Å². The maximum Gasteiger partial charge on any atom is 0.242 e. The normalized spacial score (nSPS) is 24.8. The molecule has 2 N–H and O–H groups in total. The molecule has 0 aliphatic carbocycles. The first-order valence-electron chi connectivity index (χ1n) is 8.01. The van der Waals surface area contributed by atoms with E-state index in [0.717, 1.165) is 19.3 Å². The standard InChI is InChI=1S/C15H26N4O3/c1-17-7-8-19(10-12(9-17)15(16)22)14(21)11-18-6-4-2-3-5-13(18)20/h12H,2-11H2,1H3,(H2,16,22)/t12-/m0/s1. The molecular formula is C15H26N4O3. The molecule has 1 atom stereocenters. The lowest BCUT2D eigenvalue weighted by atomic mass is 10.1. The summed E-state index contributed by atoms with van der Waals surface area (Å²) in [6, 6.07) is 0.